The Morgan fingerprint density at radius 2 is 1.95 bits per heavy atom. The monoisotopic (exact) mass is 264 g/mol. The van der Waals surface area contributed by atoms with Crippen molar-refractivity contribution in [2.45, 2.75) is 13.0 Å². The lowest BCUT2D eigenvalue weighted by Crippen LogP contribution is -2.04. The number of benzene rings is 1. The Hall–Kier alpha value is -2.28. The Morgan fingerprint density at radius 1 is 1.21 bits per heavy atom. The second-order valence-corrected chi connectivity index (χ2v) is 3.93. The maximum Gasteiger partial charge on any atom is 0.320 e. The molecular weight excluding hydrogens is 248 g/mol. The molecule has 0 aliphatic carbocycles. The third-order valence-corrected chi connectivity index (χ3v) is 2.46. The molecule has 0 amide bonds. The van der Waals surface area contributed by atoms with Crippen LogP contribution >= 0.6 is 0 Å². The minimum Gasteiger partial charge on any atom is -0.493 e. The first-order valence-electron chi connectivity index (χ1n) is 5.72. The number of hydrogen-bond acceptors (Lipinski definition) is 7. The Kier molecular flexibility index (Phi) is 3.86. The number of methoxy groups -OCH3 is 2. The Labute approximate surface area is 110 Å². The van der Waals surface area contributed by atoms with Gasteiger partial charge in [-0.2, -0.15) is 0 Å². The van der Waals surface area contributed by atoms with Crippen LogP contribution in [0.4, 0.5) is 11.7 Å². The van der Waals surface area contributed by atoms with Crippen molar-refractivity contribution in [3.8, 4) is 11.5 Å². The number of nitrogens with one attached hydrogen (secondary N) is 1. The summed E-state index contributed by atoms with van der Waals surface area (Å²) in [5, 5.41) is 10.7. The highest BCUT2D eigenvalue weighted by atomic mass is 16.5. The lowest BCUT2D eigenvalue weighted by molar-refractivity contribution is 0.355. The number of rotatable bonds is 5. The standard InChI is InChI=1S/C12H16N4O3/c1-7(13)11-15-16-12(19-11)14-8-4-5-9(17-2)10(6-8)18-3/h4-7H,13H2,1-3H3,(H,14,16). The first-order valence-corrected chi connectivity index (χ1v) is 5.72. The van der Waals surface area contributed by atoms with Gasteiger partial charge in [0.25, 0.3) is 0 Å². The number of nitrogens with zero attached hydrogens (tertiary/aromatic N) is 2. The zero-order chi connectivity index (χ0) is 13.8. The third-order valence-electron chi connectivity index (χ3n) is 2.46. The molecule has 0 saturated heterocycles. The normalized spacial score (nSPS) is 12.0. The number of nitrogens with two attached hydrogens (primary N) is 1. The highest BCUT2D eigenvalue weighted by Gasteiger charge is 2.11. The van der Waals surface area contributed by atoms with Crippen molar-refractivity contribution in [3.05, 3.63) is 24.1 Å². The van der Waals surface area contributed by atoms with Crippen LogP contribution in [0.5, 0.6) is 11.5 Å². The van der Waals surface area contributed by atoms with Crippen LogP contribution in [-0.4, -0.2) is 24.4 Å². The highest BCUT2D eigenvalue weighted by molar-refractivity contribution is 5.58. The summed E-state index contributed by atoms with van der Waals surface area (Å²) in [7, 11) is 3.15. The molecule has 7 nitrogen and oxygen atoms in total. The van der Waals surface area contributed by atoms with Gasteiger partial charge in [-0.3, -0.25) is 0 Å². The quantitative estimate of drug-likeness (QED) is 0.850. The fourth-order valence-electron chi connectivity index (χ4n) is 1.51. The molecule has 1 aromatic carbocycles. The smallest absolute Gasteiger partial charge is 0.320 e. The van der Waals surface area contributed by atoms with Crippen LogP contribution in [-0.2, 0) is 0 Å². The van der Waals surface area contributed by atoms with E-state index in [2.05, 4.69) is 15.5 Å². The van der Waals surface area contributed by atoms with Crippen LogP contribution in [0.3, 0.4) is 0 Å². The van der Waals surface area contributed by atoms with Gasteiger partial charge in [0, 0.05) is 11.8 Å². The molecule has 0 saturated carbocycles. The van der Waals surface area contributed by atoms with Crippen molar-refractivity contribution in [2.75, 3.05) is 19.5 Å². The van der Waals surface area contributed by atoms with Crippen molar-refractivity contribution in [3.63, 3.8) is 0 Å². The lowest BCUT2D eigenvalue weighted by atomic mass is 10.3. The van der Waals surface area contributed by atoms with E-state index in [1.807, 2.05) is 6.07 Å². The Balaban J connectivity index is 2.18. The van der Waals surface area contributed by atoms with Crippen LogP contribution in [0.15, 0.2) is 22.6 Å². The van der Waals surface area contributed by atoms with E-state index in [4.69, 9.17) is 19.6 Å². The van der Waals surface area contributed by atoms with Crippen LogP contribution in [0, 0.1) is 0 Å². The molecule has 0 aliphatic heterocycles. The van der Waals surface area contributed by atoms with Crippen molar-refractivity contribution in [1.82, 2.24) is 10.2 Å². The third kappa shape index (κ3) is 2.94. The maximum atomic E-state index is 5.64. The molecule has 7 heteroatoms. The van der Waals surface area contributed by atoms with E-state index in [9.17, 15) is 0 Å². The maximum absolute atomic E-state index is 5.64. The molecule has 0 bridgehead atoms. The summed E-state index contributed by atoms with van der Waals surface area (Å²) in [6, 6.07) is 5.35. The summed E-state index contributed by atoms with van der Waals surface area (Å²) >= 11 is 0. The van der Waals surface area contributed by atoms with Crippen molar-refractivity contribution in [1.29, 1.82) is 0 Å². The summed E-state index contributed by atoms with van der Waals surface area (Å²) < 4.78 is 15.7. The lowest BCUT2D eigenvalue weighted by Gasteiger charge is -2.09. The van der Waals surface area contributed by atoms with E-state index >= 15 is 0 Å². The minimum absolute atomic E-state index is 0.277. The van der Waals surface area contributed by atoms with Crippen LogP contribution in [0.25, 0.3) is 0 Å². The molecule has 3 N–H and O–H groups in total. The average molecular weight is 264 g/mol. The predicted octanol–water partition coefficient (Wildman–Crippen LogP) is 1.85. The average Bonchev–Trinajstić information content (AvgIpc) is 2.87. The molecule has 1 atom stereocenters. The van der Waals surface area contributed by atoms with Gasteiger partial charge in [-0.05, 0) is 19.1 Å². The molecule has 0 radical (unpaired) electrons. The highest BCUT2D eigenvalue weighted by Crippen LogP contribution is 2.30. The van der Waals surface area contributed by atoms with E-state index < -0.39 is 0 Å². The van der Waals surface area contributed by atoms with Gasteiger partial charge < -0.3 is 24.9 Å². The van der Waals surface area contributed by atoms with Crippen LogP contribution in [0.1, 0.15) is 18.9 Å². The summed E-state index contributed by atoms with van der Waals surface area (Å²) in [6.07, 6.45) is 0. The van der Waals surface area contributed by atoms with E-state index in [1.54, 1.807) is 33.3 Å². The predicted molar refractivity (Wildman–Crippen MR) is 69.7 cm³/mol. The van der Waals surface area contributed by atoms with Crippen molar-refractivity contribution < 1.29 is 13.9 Å². The second kappa shape index (κ2) is 5.57. The van der Waals surface area contributed by atoms with Crippen LogP contribution in [0.2, 0.25) is 0 Å². The summed E-state index contributed by atoms with van der Waals surface area (Å²) in [5.74, 6) is 1.64. The van der Waals surface area contributed by atoms with E-state index in [1.165, 1.54) is 0 Å². The largest absolute Gasteiger partial charge is 0.493 e. The minimum atomic E-state index is -0.298. The van der Waals surface area contributed by atoms with Gasteiger partial charge in [0.2, 0.25) is 5.89 Å². The number of aromatic nitrogens is 2. The van der Waals surface area contributed by atoms with Gasteiger partial charge in [0.1, 0.15) is 0 Å². The molecular formula is C12H16N4O3. The summed E-state index contributed by atoms with van der Waals surface area (Å²) in [5.41, 5.74) is 6.39. The van der Waals surface area contributed by atoms with E-state index in [-0.39, 0.29) is 12.1 Å². The van der Waals surface area contributed by atoms with Crippen molar-refractivity contribution in [2.24, 2.45) is 5.73 Å². The molecule has 19 heavy (non-hydrogen) atoms. The zero-order valence-corrected chi connectivity index (χ0v) is 11.0. The molecule has 1 heterocycles. The summed E-state index contributed by atoms with van der Waals surface area (Å²) in [6.45, 7) is 1.77. The van der Waals surface area contributed by atoms with Crippen molar-refractivity contribution >= 4 is 11.7 Å². The Morgan fingerprint density at radius 3 is 2.53 bits per heavy atom. The van der Waals surface area contributed by atoms with Crippen LogP contribution < -0.4 is 20.5 Å². The number of ether oxygens (including phenoxy) is 2. The fourth-order valence-corrected chi connectivity index (χ4v) is 1.51. The molecule has 1 aromatic heterocycles. The fraction of sp³-hybridized carbons (Fsp3) is 0.333. The first kappa shape index (κ1) is 13.2. The summed E-state index contributed by atoms with van der Waals surface area (Å²) in [4.78, 5) is 0. The van der Waals surface area contributed by atoms with Gasteiger partial charge >= 0.3 is 6.01 Å². The van der Waals surface area contributed by atoms with Gasteiger partial charge in [-0.25, -0.2) is 0 Å². The van der Waals surface area contributed by atoms with Gasteiger partial charge in [-0.15, -0.1) is 5.10 Å². The van der Waals surface area contributed by atoms with E-state index in [0.29, 0.717) is 17.4 Å². The topological polar surface area (TPSA) is 95.4 Å². The first-order chi connectivity index (χ1) is 9.13. The molecule has 102 valence electrons. The van der Waals surface area contributed by atoms with Gasteiger partial charge in [0.05, 0.1) is 20.3 Å². The second-order valence-electron chi connectivity index (χ2n) is 3.93. The molecule has 0 fully saturated rings. The van der Waals surface area contributed by atoms with Gasteiger partial charge in [0.15, 0.2) is 11.5 Å². The molecule has 0 spiro atoms. The molecule has 2 rings (SSSR count). The van der Waals surface area contributed by atoms with Gasteiger partial charge in [-0.1, -0.05) is 5.10 Å². The molecule has 0 aliphatic rings. The molecule has 1 unspecified atom stereocenters. The number of anilines is 2. The number of hydrogen-bond donors (Lipinski definition) is 2. The Bertz CT molecular complexity index is 554. The van der Waals surface area contributed by atoms with E-state index in [0.717, 1.165) is 5.69 Å². The molecule has 2 aromatic rings. The zero-order valence-electron chi connectivity index (χ0n) is 11.0. The SMILES string of the molecule is COc1ccc(Nc2nnc(C(C)N)o2)cc1OC.